The van der Waals surface area contributed by atoms with Crippen LogP contribution in [0.2, 0.25) is 0 Å². The average molecular weight is 342 g/mol. The molecule has 0 aliphatic carbocycles. The SMILES string of the molecule is COc1cc(NC(=O)[C@H](C)OC)ccc1S(=O)(=O)N1CCCC1. The lowest BCUT2D eigenvalue weighted by atomic mass is 10.2. The number of nitrogens with zero attached hydrogens (tertiary/aromatic N) is 1. The van der Waals surface area contributed by atoms with Gasteiger partial charge in [0.15, 0.2) is 0 Å². The maximum Gasteiger partial charge on any atom is 0.253 e. The van der Waals surface area contributed by atoms with Crippen molar-refractivity contribution in [3.63, 3.8) is 0 Å². The Morgan fingerprint density at radius 3 is 2.48 bits per heavy atom. The third-order valence-electron chi connectivity index (χ3n) is 3.84. The second-order valence-corrected chi connectivity index (χ2v) is 7.25. The molecule has 0 unspecified atom stereocenters. The summed E-state index contributed by atoms with van der Waals surface area (Å²) in [7, 11) is -0.731. The van der Waals surface area contributed by atoms with Crippen LogP contribution in [0.1, 0.15) is 19.8 Å². The van der Waals surface area contributed by atoms with Gasteiger partial charge in [-0.05, 0) is 31.9 Å². The monoisotopic (exact) mass is 342 g/mol. The van der Waals surface area contributed by atoms with Crippen LogP contribution in [-0.2, 0) is 19.6 Å². The van der Waals surface area contributed by atoms with Crippen molar-refractivity contribution >= 4 is 21.6 Å². The van der Waals surface area contributed by atoms with Crippen molar-refractivity contribution in [2.24, 2.45) is 0 Å². The lowest BCUT2D eigenvalue weighted by molar-refractivity contribution is -0.124. The Morgan fingerprint density at radius 1 is 1.26 bits per heavy atom. The lowest BCUT2D eigenvalue weighted by Crippen LogP contribution is -2.28. The molecule has 7 nitrogen and oxygen atoms in total. The molecule has 1 heterocycles. The fourth-order valence-electron chi connectivity index (χ4n) is 2.38. The van der Waals surface area contributed by atoms with Crippen LogP contribution in [0.4, 0.5) is 5.69 Å². The molecule has 1 fully saturated rings. The summed E-state index contributed by atoms with van der Waals surface area (Å²) < 4.78 is 36.9. The normalized spacial score (nSPS) is 17.0. The minimum atomic E-state index is -3.58. The highest BCUT2D eigenvalue weighted by Gasteiger charge is 2.30. The standard InChI is InChI=1S/C15H22N2O5S/c1-11(21-2)15(18)16-12-6-7-14(13(10-12)22-3)23(19,20)17-8-4-5-9-17/h6-7,10-11H,4-5,8-9H2,1-3H3,(H,16,18)/t11-/m0/s1. The van der Waals surface area contributed by atoms with E-state index in [1.165, 1.54) is 30.7 Å². The number of ether oxygens (including phenoxy) is 2. The molecule has 128 valence electrons. The highest BCUT2D eigenvalue weighted by atomic mass is 32.2. The van der Waals surface area contributed by atoms with Crippen molar-refractivity contribution in [3.8, 4) is 5.75 Å². The molecule has 1 aliphatic rings. The summed E-state index contributed by atoms with van der Waals surface area (Å²) in [5.41, 5.74) is 0.455. The fourth-order valence-corrected chi connectivity index (χ4v) is 4.03. The van der Waals surface area contributed by atoms with Crippen molar-refractivity contribution in [2.45, 2.75) is 30.8 Å². The van der Waals surface area contributed by atoms with Gasteiger partial charge in [-0.25, -0.2) is 8.42 Å². The van der Waals surface area contributed by atoms with Gasteiger partial charge >= 0.3 is 0 Å². The minimum absolute atomic E-state index is 0.111. The Hall–Kier alpha value is -1.64. The molecule has 0 radical (unpaired) electrons. The molecule has 1 N–H and O–H groups in total. The van der Waals surface area contributed by atoms with Crippen molar-refractivity contribution in [1.29, 1.82) is 0 Å². The molecule has 1 aromatic carbocycles. The first-order valence-electron chi connectivity index (χ1n) is 7.42. The van der Waals surface area contributed by atoms with E-state index >= 15 is 0 Å². The molecule has 1 amide bonds. The molecule has 1 saturated heterocycles. The lowest BCUT2D eigenvalue weighted by Gasteiger charge is -2.18. The van der Waals surface area contributed by atoms with E-state index < -0.39 is 16.1 Å². The third kappa shape index (κ3) is 3.82. The molecule has 0 bridgehead atoms. The number of hydrogen-bond acceptors (Lipinski definition) is 5. The minimum Gasteiger partial charge on any atom is -0.495 e. The Bertz CT molecular complexity index is 668. The Kier molecular flexibility index (Phi) is 5.61. The fraction of sp³-hybridized carbons (Fsp3) is 0.533. The van der Waals surface area contributed by atoms with Gasteiger partial charge in [-0.3, -0.25) is 4.79 Å². The predicted molar refractivity (Wildman–Crippen MR) is 86.1 cm³/mol. The summed E-state index contributed by atoms with van der Waals surface area (Å²) in [6.07, 6.45) is 1.13. The van der Waals surface area contributed by atoms with Gasteiger partial charge in [-0.2, -0.15) is 4.31 Å². The van der Waals surface area contributed by atoms with Gasteiger partial charge in [0, 0.05) is 32.0 Å². The molecular weight excluding hydrogens is 320 g/mol. The van der Waals surface area contributed by atoms with E-state index in [9.17, 15) is 13.2 Å². The van der Waals surface area contributed by atoms with E-state index in [2.05, 4.69) is 5.32 Å². The number of anilines is 1. The van der Waals surface area contributed by atoms with Crippen LogP contribution in [-0.4, -0.2) is 52.0 Å². The zero-order valence-electron chi connectivity index (χ0n) is 13.5. The summed E-state index contributed by atoms with van der Waals surface area (Å²) >= 11 is 0. The molecule has 0 spiro atoms. The molecule has 0 saturated carbocycles. The van der Waals surface area contributed by atoms with Gasteiger partial charge in [-0.15, -0.1) is 0 Å². The van der Waals surface area contributed by atoms with Crippen molar-refractivity contribution in [1.82, 2.24) is 4.31 Å². The van der Waals surface area contributed by atoms with E-state index in [1.54, 1.807) is 13.0 Å². The number of rotatable bonds is 6. The van der Waals surface area contributed by atoms with Gasteiger partial charge in [-0.1, -0.05) is 0 Å². The zero-order valence-corrected chi connectivity index (χ0v) is 14.4. The van der Waals surface area contributed by atoms with E-state index in [0.717, 1.165) is 12.8 Å². The highest BCUT2D eigenvalue weighted by molar-refractivity contribution is 7.89. The summed E-state index contributed by atoms with van der Waals surface area (Å²) in [6.45, 7) is 2.67. The average Bonchev–Trinajstić information content (AvgIpc) is 3.08. The first-order valence-corrected chi connectivity index (χ1v) is 8.86. The number of carbonyl (C=O) groups is 1. The molecule has 8 heteroatoms. The zero-order chi connectivity index (χ0) is 17.0. The summed E-state index contributed by atoms with van der Waals surface area (Å²) in [5.74, 6) is -0.107. The molecule has 23 heavy (non-hydrogen) atoms. The first-order chi connectivity index (χ1) is 10.9. The quantitative estimate of drug-likeness (QED) is 0.846. The number of sulfonamides is 1. The van der Waals surface area contributed by atoms with Crippen molar-refractivity contribution < 1.29 is 22.7 Å². The Balaban J connectivity index is 2.28. The van der Waals surface area contributed by atoms with E-state index in [0.29, 0.717) is 18.8 Å². The van der Waals surface area contributed by atoms with Gasteiger partial charge in [0.05, 0.1) is 7.11 Å². The maximum atomic E-state index is 12.6. The van der Waals surface area contributed by atoms with Gasteiger partial charge < -0.3 is 14.8 Å². The van der Waals surface area contributed by atoms with Gasteiger partial charge in [0.2, 0.25) is 10.0 Å². The number of amides is 1. The van der Waals surface area contributed by atoms with Gasteiger partial charge in [0.1, 0.15) is 16.7 Å². The molecule has 2 rings (SSSR count). The molecule has 1 atom stereocenters. The number of methoxy groups -OCH3 is 2. The third-order valence-corrected chi connectivity index (χ3v) is 5.77. The van der Waals surface area contributed by atoms with Crippen LogP contribution >= 0.6 is 0 Å². The topological polar surface area (TPSA) is 84.9 Å². The van der Waals surface area contributed by atoms with E-state index in [-0.39, 0.29) is 16.6 Å². The summed E-state index contributed by atoms with van der Waals surface area (Å²) in [5, 5.41) is 2.66. The van der Waals surface area contributed by atoms with Crippen LogP contribution < -0.4 is 10.1 Å². The van der Waals surface area contributed by atoms with Crippen LogP contribution in [0.25, 0.3) is 0 Å². The van der Waals surface area contributed by atoms with Crippen LogP contribution in [0.5, 0.6) is 5.75 Å². The predicted octanol–water partition coefficient (Wildman–Crippen LogP) is 1.45. The van der Waals surface area contributed by atoms with Crippen LogP contribution in [0.3, 0.4) is 0 Å². The second-order valence-electron chi connectivity index (χ2n) is 5.34. The highest BCUT2D eigenvalue weighted by Crippen LogP contribution is 2.31. The molecular formula is C15H22N2O5S. The molecule has 0 aromatic heterocycles. The van der Waals surface area contributed by atoms with Crippen LogP contribution in [0, 0.1) is 0 Å². The van der Waals surface area contributed by atoms with E-state index in [1.807, 2.05) is 0 Å². The molecule has 1 aliphatic heterocycles. The van der Waals surface area contributed by atoms with Crippen molar-refractivity contribution in [2.75, 3.05) is 32.6 Å². The summed E-state index contributed by atoms with van der Waals surface area (Å²) in [4.78, 5) is 11.9. The number of hydrogen-bond donors (Lipinski definition) is 1. The van der Waals surface area contributed by atoms with Crippen LogP contribution in [0.15, 0.2) is 23.1 Å². The number of nitrogens with one attached hydrogen (secondary N) is 1. The maximum absolute atomic E-state index is 12.6. The van der Waals surface area contributed by atoms with Crippen molar-refractivity contribution in [3.05, 3.63) is 18.2 Å². The summed E-state index contributed by atoms with van der Waals surface area (Å²) in [6, 6.07) is 4.51. The smallest absolute Gasteiger partial charge is 0.253 e. The Labute approximate surface area is 136 Å². The number of benzene rings is 1. The largest absolute Gasteiger partial charge is 0.495 e. The second kappa shape index (κ2) is 7.29. The van der Waals surface area contributed by atoms with Gasteiger partial charge in [0.25, 0.3) is 5.91 Å². The van der Waals surface area contributed by atoms with E-state index in [4.69, 9.17) is 9.47 Å². The first kappa shape index (κ1) is 17.7. The Morgan fingerprint density at radius 2 is 1.91 bits per heavy atom. The number of carbonyl (C=O) groups excluding carboxylic acids is 1. The molecule has 1 aromatic rings.